The lowest BCUT2D eigenvalue weighted by Gasteiger charge is -2.36. The standard InChI is InChI=1S/C18H20ClN3O3S/c1-12-4-6-15(11-16(12)20-13(2)23)26(24,25)22-9-8-21(3)18-10-14(19)5-7-17(18)22/h4-7,10-11H,8-9H2,1-3H3,(H,20,23). The van der Waals surface area contributed by atoms with Crippen molar-refractivity contribution in [3.05, 3.63) is 47.0 Å². The lowest BCUT2D eigenvalue weighted by Crippen LogP contribution is -2.42. The van der Waals surface area contributed by atoms with E-state index in [1.807, 2.05) is 18.9 Å². The zero-order chi connectivity index (χ0) is 19.1. The second-order valence-electron chi connectivity index (χ2n) is 6.29. The third-order valence-corrected chi connectivity index (χ3v) is 6.41. The van der Waals surface area contributed by atoms with Crippen LogP contribution in [0.2, 0.25) is 5.02 Å². The summed E-state index contributed by atoms with van der Waals surface area (Å²) >= 11 is 6.07. The minimum absolute atomic E-state index is 0.136. The average Bonchev–Trinajstić information content (AvgIpc) is 2.57. The molecule has 0 aromatic heterocycles. The number of aryl methyl sites for hydroxylation is 1. The van der Waals surface area contributed by atoms with Gasteiger partial charge in [-0.2, -0.15) is 0 Å². The second kappa shape index (κ2) is 6.81. The van der Waals surface area contributed by atoms with Gasteiger partial charge in [-0.3, -0.25) is 9.10 Å². The smallest absolute Gasteiger partial charge is 0.264 e. The number of nitrogens with zero attached hydrogens (tertiary/aromatic N) is 2. The number of benzene rings is 2. The Morgan fingerprint density at radius 1 is 1.12 bits per heavy atom. The van der Waals surface area contributed by atoms with E-state index in [0.29, 0.717) is 29.5 Å². The predicted molar refractivity (Wildman–Crippen MR) is 105 cm³/mol. The van der Waals surface area contributed by atoms with E-state index < -0.39 is 10.0 Å². The Bertz CT molecular complexity index is 976. The van der Waals surface area contributed by atoms with Crippen LogP contribution in [0.5, 0.6) is 0 Å². The number of carbonyl (C=O) groups is 1. The molecule has 8 heteroatoms. The van der Waals surface area contributed by atoms with Crippen LogP contribution in [0.1, 0.15) is 12.5 Å². The van der Waals surface area contributed by atoms with E-state index >= 15 is 0 Å². The molecule has 0 bridgehead atoms. The third kappa shape index (κ3) is 3.37. The topological polar surface area (TPSA) is 69.7 Å². The van der Waals surface area contributed by atoms with Crippen LogP contribution >= 0.6 is 11.6 Å². The van der Waals surface area contributed by atoms with Crippen molar-refractivity contribution in [2.75, 3.05) is 34.7 Å². The summed E-state index contributed by atoms with van der Waals surface area (Å²) < 4.78 is 27.9. The number of nitrogens with one attached hydrogen (secondary N) is 1. The summed E-state index contributed by atoms with van der Waals surface area (Å²) in [7, 11) is -1.87. The number of hydrogen-bond donors (Lipinski definition) is 1. The van der Waals surface area contributed by atoms with Gasteiger partial charge >= 0.3 is 0 Å². The molecule has 0 saturated heterocycles. The maximum atomic E-state index is 13.3. The lowest BCUT2D eigenvalue weighted by atomic mass is 10.2. The molecule has 2 aromatic carbocycles. The number of carbonyl (C=O) groups excluding carboxylic acids is 1. The normalized spacial score (nSPS) is 14.2. The van der Waals surface area contributed by atoms with Gasteiger partial charge < -0.3 is 10.2 Å². The molecule has 0 spiro atoms. The van der Waals surface area contributed by atoms with Crippen LogP contribution < -0.4 is 14.5 Å². The highest BCUT2D eigenvalue weighted by atomic mass is 35.5. The summed E-state index contributed by atoms with van der Waals surface area (Å²) in [4.78, 5) is 13.5. The van der Waals surface area contributed by atoms with Crippen LogP contribution in [-0.4, -0.2) is 34.5 Å². The molecule has 1 aliphatic rings. The highest BCUT2D eigenvalue weighted by molar-refractivity contribution is 7.92. The van der Waals surface area contributed by atoms with Crippen molar-refractivity contribution in [2.24, 2.45) is 0 Å². The van der Waals surface area contributed by atoms with E-state index in [9.17, 15) is 13.2 Å². The molecule has 6 nitrogen and oxygen atoms in total. The molecule has 1 N–H and O–H groups in total. The number of amides is 1. The van der Waals surface area contributed by atoms with Gasteiger partial charge in [0.25, 0.3) is 10.0 Å². The Hall–Kier alpha value is -2.25. The van der Waals surface area contributed by atoms with Gasteiger partial charge in [-0.1, -0.05) is 17.7 Å². The van der Waals surface area contributed by atoms with Crippen molar-refractivity contribution in [3.8, 4) is 0 Å². The molecule has 0 atom stereocenters. The summed E-state index contributed by atoms with van der Waals surface area (Å²) in [6.07, 6.45) is 0. The van der Waals surface area contributed by atoms with Gasteiger partial charge in [0.1, 0.15) is 0 Å². The van der Waals surface area contributed by atoms with Gasteiger partial charge in [0.05, 0.1) is 22.8 Å². The van der Waals surface area contributed by atoms with Crippen molar-refractivity contribution < 1.29 is 13.2 Å². The Kier molecular flexibility index (Phi) is 4.86. The van der Waals surface area contributed by atoms with Gasteiger partial charge in [-0.05, 0) is 42.8 Å². The van der Waals surface area contributed by atoms with Crippen molar-refractivity contribution >= 4 is 44.6 Å². The number of rotatable bonds is 3. The molecular weight excluding hydrogens is 374 g/mol. The molecule has 2 aromatic rings. The summed E-state index contributed by atoms with van der Waals surface area (Å²) in [6.45, 7) is 4.09. The Labute approximate surface area is 158 Å². The highest BCUT2D eigenvalue weighted by Crippen LogP contribution is 2.38. The van der Waals surface area contributed by atoms with E-state index in [1.54, 1.807) is 30.3 Å². The molecule has 26 heavy (non-hydrogen) atoms. The Balaban J connectivity index is 2.07. The van der Waals surface area contributed by atoms with Crippen molar-refractivity contribution in [1.82, 2.24) is 0 Å². The van der Waals surface area contributed by atoms with Gasteiger partial charge in [-0.25, -0.2) is 8.42 Å². The fraction of sp³-hybridized carbons (Fsp3) is 0.278. The zero-order valence-electron chi connectivity index (χ0n) is 14.8. The van der Waals surface area contributed by atoms with Crippen LogP contribution in [-0.2, 0) is 14.8 Å². The van der Waals surface area contributed by atoms with Crippen LogP contribution in [0.4, 0.5) is 17.1 Å². The van der Waals surface area contributed by atoms with Crippen LogP contribution in [0, 0.1) is 6.92 Å². The quantitative estimate of drug-likeness (QED) is 0.869. The molecule has 3 rings (SSSR count). The van der Waals surface area contributed by atoms with E-state index in [2.05, 4.69) is 5.32 Å². The monoisotopic (exact) mass is 393 g/mol. The summed E-state index contributed by atoms with van der Waals surface area (Å²) in [5.74, 6) is -0.248. The van der Waals surface area contributed by atoms with Gasteiger partial charge in [0.2, 0.25) is 5.91 Å². The Morgan fingerprint density at radius 3 is 2.54 bits per heavy atom. The first kappa shape index (κ1) is 18.5. The highest BCUT2D eigenvalue weighted by Gasteiger charge is 2.31. The molecule has 0 saturated carbocycles. The van der Waals surface area contributed by atoms with Gasteiger partial charge in [0.15, 0.2) is 0 Å². The van der Waals surface area contributed by atoms with Gasteiger partial charge in [0, 0.05) is 31.2 Å². The first-order chi connectivity index (χ1) is 12.2. The lowest BCUT2D eigenvalue weighted by molar-refractivity contribution is -0.114. The second-order valence-corrected chi connectivity index (χ2v) is 8.59. The molecule has 0 unspecified atom stereocenters. The first-order valence-electron chi connectivity index (χ1n) is 8.12. The SMILES string of the molecule is CC(=O)Nc1cc(S(=O)(=O)N2CCN(C)c3cc(Cl)ccc32)ccc1C. The van der Waals surface area contributed by atoms with Crippen LogP contribution in [0.25, 0.3) is 0 Å². The molecule has 138 valence electrons. The molecule has 0 fully saturated rings. The third-order valence-electron chi connectivity index (χ3n) is 4.36. The fourth-order valence-electron chi connectivity index (χ4n) is 2.96. The summed E-state index contributed by atoms with van der Waals surface area (Å²) in [5, 5.41) is 3.23. The summed E-state index contributed by atoms with van der Waals surface area (Å²) in [6, 6.07) is 9.91. The molecule has 1 aliphatic heterocycles. The number of hydrogen-bond acceptors (Lipinski definition) is 4. The number of sulfonamides is 1. The number of likely N-dealkylation sites (N-methyl/N-ethyl adjacent to an activating group) is 1. The van der Waals surface area contributed by atoms with Crippen molar-refractivity contribution in [3.63, 3.8) is 0 Å². The first-order valence-corrected chi connectivity index (χ1v) is 9.93. The molecule has 1 amide bonds. The fourth-order valence-corrected chi connectivity index (χ4v) is 4.62. The number of halogens is 1. The molecule has 0 radical (unpaired) electrons. The molecular formula is C18H20ClN3O3S. The molecule has 1 heterocycles. The summed E-state index contributed by atoms with van der Waals surface area (Å²) in [5.41, 5.74) is 2.64. The predicted octanol–water partition coefficient (Wildman–Crippen LogP) is 3.25. The number of fused-ring (bicyclic) bond motifs is 1. The van der Waals surface area contributed by atoms with E-state index in [0.717, 1.165) is 11.3 Å². The van der Waals surface area contributed by atoms with Crippen LogP contribution in [0.15, 0.2) is 41.3 Å². The average molecular weight is 394 g/mol. The minimum Gasteiger partial charge on any atom is -0.371 e. The van der Waals surface area contributed by atoms with E-state index in [-0.39, 0.29) is 10.8 Å². The van der Waals surface area contributed by atoms with Crippen LogP contribution in [0.3, 0.4) is 0 Å². The number of anilines is 3. The zero-order valence-corrected chi connectivity index (χ0v) is 16.4. The Morgan fingerprint density at radius 2 is 1.85 bits per heavy atom. The molecule has 0 aliphatic carbocycles. The van der Waals surface area contributed by atoms with E-state index in [1.165, 1.54) is 17.3 Å². The van der Waals surface area contributed by atoms with Crippen molar-refractivity contribution in [1.29, 1.82) is 0 Å². The van der Waals surface area contributed by atoms with E-state index in [4.69, 9.17) is 11.6 Å². The largest absolute Gasteiger partial charge is 0.371 e. The maximum absolute atomic E-state index is 13.3. The van der Waals surface area contributed by atoms with Crippen molar-refractivity contribution in [2.45, 2.75) is 18.7 Å². The van der Waals surface area contributed by atoms with Gasteiger partial charge in [-0.15, -0.1) is 0 Å². The maximum Gasteiger partial charge on any atom is 0.264 e. The minimum atomic E-state index is -3.77.